The maximum absolute atomic E-state index is 5.10. The topological polar surface area (TPSA) is 24.5 Å². The molecule has 1 saturated heterocycles. The lowest BCUT2D eigenvalue weighted by atomic mass is 10.1. The molecule has 0 spiro atoms. The zero-order chi connectivity index (χ0) is 11.6. The third kappa shape index (κ3) is 5.52. The van der Waals surface area contributed by atoms with E-state index >= 15 is 0 Å². The molecule has 1 atom stereocenters. The average Bonchev–Trinajstić information content (AvgIpc) is 2.54. The van der Waals surface area contributed by atoms with Gasteiger partial charge >= 0.3 is 0 Å². The average molecular weight is 226 g/mol. The van der Waals surface area contributed by atoms with Gasteiger partial charge in [-0.1, -0.05) is 13.5 Å². The lowest BCUT2D eigenvalue weighted by molar-refractivity contribution is 0.241. The van der Waals surface area contributed by atoms with Gasteiger partial charge in [-0.3, -0.25) is 0 Å². The SMILES string of the molecule is C=COCCCNC1CCCN(CC)CC1. The van der Waals surface area contributed by atoms with E-state index in [4.69, 9.17) is 4.74 Å². The summed E-state index contributed by atoms with van der Waals surface area (Å²) in [6.45, 7) is 11.3. The minimum atomic E-state index is 0.709. The summed E-state index contributed by atoms with van der Waals surface area (Å²) in [5.41, 5.74) is 0. The van der Waals surface area contributed by atoms with Crippen molar-refractivity contribution in [3.63, 3.8) is 0 Å². The predicted molar refractivity (Wildman–Crippen MR) is 68.5 cm³/mol. The lowest BCUT2D eigenvalue weighted by Crippen LogP contribution is -2.32. The van der Waals surface area contributed by atoms with Crippen LogP contribution >= 0.6 is 0 Å². The highest BCUT2D eigenvalue weighted by Crippen LogP contribution is 2.10. The largest absolute Gasteiger partial charge is 0.502 e. The molecular formula is C13H26N2O. The molecule has 0 aromatic heterocycles. The summed E-state index contributed by atoms with van der Waals surface area (Å²) in [6, 6.07) is 0.709. The Balaban J connectivity index is 2.05. The van der Waals surface area contributed by atoms with Crippen LogP contribution in [0.5, 0.6) is 0 Å². The van der Waals surface area contributed by atoms with Crippen molar-refractivity contribution in [2.24, 2.45) is 0 Å². The van der Waals surface area contributed by atoms with E-state index in [1.54, 1.807) is 0 Å². The molecule has 1 rings (SSSR count). The van der Waals surface area contributed by atoms with E-state index in [9.17, 15) is 0 Å². The van der Waals surface area contributed by atoms with Crippen LogP contribution < -0.4 is 5.32 Å². The Bertz CT molecular complexity index is 185. The summed E-state index contributed by atoms with van der Waals surface area (Å²) >= 11 is 0. The number of likely N-dealkylation sites (tertiary alicyclic amines) is 1. The highest BCUT2D eigenvalue weighted by Gasteiger charge is 2.14. The van der Waals surface area contributed by atoms with Crippen LogP contribution in [-0.2, 0) is 4.74 Å². The normalized spacial score (nSPS) is 22.7. The number of hydrogen-bond donors (Lipinski definition) is 1. The third-order valence-corrected chi connectivity index (χ3v) is 3.26. The van der Waals surface area contributed by atoms with E-state index in [0.717, 1.165) is 19.6 Å². The first kappa shape index (κ1) is 13.5. The highest BCUT2D eigenvalue weighted by molar-refractivity contribution is 4.74. The zero-order valence-electron chi connectivity index (χ0n) is 10.6. The van der Waals surface area contributed by atoms with Crippen molar-refractivity contribution < 1.29 is 4.74 Å². The first-order valence-corrected chi connectivity index (χ1v) is 6.55. The number of nitrogens with one attached hydrogen (secondary N) is 1. The van der Waals surface area contributed by atoms with Gasteiger partial charge in [0.25, 0.3) is 0 Å². The van der Waals surface area contributed by atoms with E-state index < -0.39 is 0 Å². The quantitative estimate of drug-likeness (QED) is 0.531. The summed E-state index contributed by atoms with van der Waals surface area (Å²) in [5, 5.41) is 3.62. The van der Waals surface area contributed by atoms with Crippen molar-refractivity contribution in [3.05, 3.63) is 12.8 Å². The Morgan fingerprint density at radius 2 is 2.31 bits per heavy atom. The van der Waals surface area contributed by atoms with E-state index in [0.29, 0.717) is 6.04 Å². The van der Waals surface area contributed by atoms with Gasteiger partial charge in [-0.15, -0.1) is 0 Å². The van der Waals surface area contributed by atoms with Crippen molar-refractivity contribution in [1.29, 1.82) is 0 Å². The molecule has 1 aliphatic rings. The zero-order valence-corrected chi connectivity index (χ0v) is 10.6. The van der Waals surface area contributed by atoms with Crippen molar-refractivity contribution >= 4 is 0 Å². The molecule has 16 heavy (non-hydrogen) atoms. The first-order valence-electron chi connectivity index (χ1n) is 6.55. The molecule has 1 fully saturated rings. The maximum Gasteiger partial charge on any atom is 0.0885 e. The standard InChI is InChI=1S/C13H26N2O/c1-3-15-10-5-7-13(8-11-15)14-9-6-12-16-4-2/h4,13-14H,2-3,5-12H2,1H3. The molecule has 0 aromatic rings. The summed E-state index contributed by atoms with van der Waals surface area (Å²) in [7, 11) is 0. The van der Waals surface area contributed by atoms with Gasteiger partial charge in [0.15, 0.2) is 0 Å². The molecular weight excluding hydrogens is 200 g/mol. The smallest absolute Gasteiger partial charge is 0.0885 e. The second kappa shape index (κ2) is 8.59. The van der Waals surface area contributed by atoms with Crippen LogP contribution in [0.25, 0.3) is 0 Å². The Kier molecular flexibility index (Phi) is 7.26. The van der Waals surface area contributed by atoms with Crippen molar-refractivity contribution in [2.75, 3.05) is 32.8 Å². The Labute approximate surface area is 99.8 Å². The van der Waals surface area contributed by atoms with Gasteiger partial charge in [-0.05, 0) is 51.9 Å². The summed E-state index contributed by atoms with van der Waals surface area (Å²) in [4.78, 5) is 2.54. The molecule has 94 valence electrons. The minimum Gasteiger partial charge on any atom is -0.502 e. The predicted octanol–water partition coefficient (Wildman–Crippen LogP) is 2.00. The Morgan fingerprint density at radius 3 is 3.06 bits per heavy atom. The fraction of sp³-hybridized carbons (Fsp3) is 0.846. The molecule has 1 aliphatic heterocycles. The van der Waals surface area contributed by atoms with Gasteiger partial charge in [-0.2, -0.15) is 0 Å². The van der Waals surface area contributed by atoms with E-state index in [1.807, 2.05) is 0 Å². The number of nitrogens with zero attached hydrogens (tertiary/aromatic N) is 1. The lowest BCUT2D eigenvalue weighted by Gasteiger charge is -2.18. The van der Waals surface area contributed by atoms with Crippen molar-refractivity contribution in [3.8, 4) is 0 Å². The van der Waals surface area contributed by atoms with Gasteiger partial charge in [-0.25, -0.2) is 0 Å². The second-order valence-corrected chi connectivity index (χ2v) is 4.41. The van der Waals surface area contributed by atoms with Gasteiger partial charge in [0, 0.05) is 6.04 Å². The number of rotatable bonds is 7. The van der Waals surface area contributed by atoms with Crippen LogP contribution in [0.15, 0.2) is 12.8 Å². The monoisotopic (exact) mass is 226 g/mol. The maximum atomic E-state index is 5.10. The van der Waals surface area contributed by atoms with Crippen LogP contribution in [0.3, 0.4) is 0 Å². The molecule has 0 aromatic carbocycles. The van der Waals surface area contributed by atoms with Crippen LogP contribution in [-0.4, -0.2) is 43.7 Å². The molecule has 0 saturated carbocycles. The first-order chi connectivity index (χ1) is 7.86. The van der Waals surface area contributed by atoms with Crippen molar-refractivity contribution in [2.45, 2.75) is 38.6 Å². The second-order valence-electron chi connectivity index (χ2n) is 4.41. The highest BCUT2D eigenvalue weighted by atomic mass is 16.5. The minimum absolute atomic E-state index is 0.709. The van der Waals surface area contributed by atoms with E-state index in [-0.39, 0.29) is 0 Å². The Morgan fingerprint density at radius 1 is 1.44 bits per heavy atom. The molecule has 1 heterocycles. The van der Waals surface area contributed by atoms with Crippen LogP contribution in [0.1, 0.15) is 32.6 Å². The van der Waals surface area contributed by atoms with E-state index in [2.05, 4.69) is 23.7 Å². The molecule has 1 N–H and O–H groups in total. The summed E-state index contributed by atoms with van der Waals surface area (Å²) in [6.07, 6.45) is 6.52. The molecule has 0 radical (unpaired) electrons. The molecule has 0 amide bonds. The molecule has 3 heteroatoms. The fourth-order valence-corrected chi connectivity index (χ4v) is 2.22. The van der Waals surface area contributed by atoms with Crippen LogP contribution in [0, 0.1) is 0 Å². The van der Waals surface area contributed by atoms with Gasteiger partial charge in [0.05, 0.1) is 12.9 Å². The summed E-state index contributed by atoms with van der Waals surface area (Å²) in [5.74, 6) is 0. The number of hydrogen-bond acceptors (Lipinski definition) is 3. The van der Waals surface area contributed by atoms with E-state index in [1.165, 1.54) is 45.2 Å². The van der Waals surface area contributed by atoms with Crippen LogP contribution in [0.2, 0.25) is 0 Å². The molecule has 0 aliphatic carbocycles. The molecule has 0 bridgehead atoms. The Hall–Kier alpha value is -0.540. The van der Waals surface area contributed by atoms with Gasteiger partial charge in [0.2, 0.25) is 0 Å². The van der Waals surface area contributed by atoms with Crippen molar-refractivity contribution in [1.82, 2.24) is 10.2 Å². The van der Waals surface area contributed by atoms with Gasteiger partial charge < -0.3 is 15.0 Å². The molecule has 3 nitrogen and oxygen atoms in total. The van der Waals surface area contributed by atoms with Crippen LogP contribution in [0.4, 0.5) is 0 Å². The fourth-order valence-electron chi connectivity index (χ4n) is 2.22. The van der Waals surface area contributed by atoms with Gasteiger partial charge in [0.1, 0.15) is 0 Å². The molecule has 1 unspecified atom stereocenters. The summed E-state index contributed by atoms with van der Waals surface area (Å²) < 4.78 is 5.10. The number of ether oxygens (including phenoxy) is 1. The third-order valence-electron chi connectivity index (χ3n) is 3.26.